The van der Waals surface area contributed by atoms with Crippen LogP contribution >= 0.6 is 35.6 Å². The molecule has 2 unspecified atom stereocenters. The van der Waals surface area contributed by atoms with Gasteiger partial charge in [-0.25, -0.2) is 0 Å². The molecule has 1 aromatic carbocycles. The maximum atomic E-state index is 6.05. The van der Waals surface area contributed by atoms with Crippen molar-refractivity contribution in [1.29, 1.82) is 0 Å². The third-order valence-electron chi connectivity index (χ3n) is 5.95. The van der Waals surface area contributed by atoms with E-state index in [0.29, 0.717) is 0 Å². The maximum absolute atomic E-state index is 6.05. The van der Waals surface area contributed by atoms with Crippen LogP contribution in [-0.2, 0) is 14.9 Å². The van der Waals surface area contributed by atoms with Gasteiger partial charge in [-0.15, -0.1) is 24.0 Å². The molecular formula is C21H31ClIN3O2. The lowest BCUT2D eigenvalue weighted by molar-refractivity contribution is -0.0817. The van der Waals surface area contributed by atoms with Gasteiger partial charge in [0.1, 0.15) is 6.10 Å². The van der Waals surface area contributed by atoms with E-state index in [1.54, 1.807) is 0 Å². The van der Waals surface area contributed by atoms with Gasteiger partial charge in [0.25, 0.3) is 0 Å². The van der Waals surface area contributed by atoms with Crippen molar-refractivity contribution in [2.75, 3.05) is 39.4 Å². The van der Waals surface area contributed by atoms with Crippen molar-refractivity contribution in [3.63, 3.8) is 0 Å². The summed E-state index contributed by atoms with van der Waals surface area (Å²) in [4.78, 5) is 7.38. The van der Waals surface area contributed by atoms with E-state index in [1.165, 1.54) is 18.4 Å². The first-order chi connectivity index (χ1) is 13.2. The van der Waals surface area contributed by atoms with Crippen LogP contribution in [0.5, 0.6) is 0 Å². The van der Waals surface area contributed by atoms with Crippen LogP contribution in [0.15, 0.2) is 29.3 Å². The Bertz CT molecular complexity index is 660. The minimum absolute atomic E-state index is 0. The Morgan fingerprint density at radius 1 is 1.21 bits per heavy atom. The Kier molecular flexibility index (Phi) is 7.87. The zero-order valence-corrected chi connectivity index (χ0v) is 19.6. The van der Waals surface area contributed by atoms with E-state index in [2.05, 4.69) is 29.3 Å². The lowest BCUT2D eigenvalue weighted by Crippen LogP contribution is -2.53. The van der Waals surface area contributed by atoms with Gasteiger partial charge in [0.2, 0.25) is 0 Å². The predicted molar refractivity (Wildman–Crippen MR) is 124 cm³/mol. The molecule has 2 atom stereocenters. The van der Waals surface area contributed by atoms with E-state index in [-0.39, 0.29) is 41.6 Å². The van der Waals surface area contributed by atoms with Crippen molar-refractivity contribution in [2.24, 2.45) is 4.99 Å². The molecule has 28 heavy (non-hydrogen) atoms. The number of halogens is 2. The molecule has 156 valence electrons. The van der Waals surface area contributed by atoms with Crippen molar-refractivity contribution < 1.29 is 9.47 Å². The van der Waals surface area contributed by atoms with Gasteiger partial charge >= 0.3 is 0 Å². The molecule has 0 aromatic heterocycles. The number of nitrogens with zero attached hydrogens (tertiary/aromatic N) is 2. The lowest BCUT2D eigenvalue weighted by Gasteiger charge is -2.37. The summed E-state index contributed by atoms with van der Waals surface area (Å²) in [5.41, 5.74) is 1.54. The molecule has 1 N–H and O–H groups in total. The summed E-state index contributed by atoms with van der Waals surface area (Å²) >= 11 is 6.05. The highest BCUT2D eigenvalue weighted by atomic mass is 127. The highest BCUT2D eigenvalue weighted by molar-refractivity contribution is 14.0. The zero-order valence-electron chi connectivity index (χ0n) is 16.5. The molecule has 0 spiro atoms. The van der Waals surface area contributed by atoms with Crippen molar-refractivity contribution in [2.45, 2.75) is 50.2 Å². The fourth-order valence-corrected chi connectivity index (χ4v) is 4.26. The van der Waals surface area contributed by atoms with Crippen LogP contribution < -0.4 is 5.32 Å². The molecule has 1 saturated carbocycles. The first kappa shape index (κ1) is 22.1. The molecular weight excluding hydrogens is 489 g/mol. The van der Waals surface area contributed by atoms with E-state index in [4.69, 9.17) is 26.1 Å². The van der Waals surface area contributed by atoms with Gasteiger partial charge in [-0.05, 0) is 50.3 Å². The highest BCUT2D eigenvalue weighted by Crippen LogP contribution is 2.48. The highest BCUT2D eigenvalue weighted by Gasteiger charge is 2.44. The quantitative estimate of drug-likeness (QED) is 0.365. The summed E-state index contributed by atoms with van der Waals surface area (Å²) in [7, 11) is 0. The third-order valence-corrected chi connectivity index (χ3v) is 6.20. The lowest BCUT2D eigenvalue weighted by atomic mass is 9.96. The molecule has 1 aliphatic carbocycles. The Morgan fingerprint density at radius 2 is 1.96 bits per heavy atom. The number of nitrogens with one attached hydrogen (secondary N) is 1. The molecule has 5 nitrogen and oxygen atoms in total. The SMILES string of the molecule is CCNC(=NCC1(c2ccc(Cl)cc2)CC1)N1CCOC(C2CCCO2)C1.I. The number of morpholine rings is 1. The number of aliphatic imine (C=N–C) groups is 1. The standard InChI is InChI=1S/C21H30ClN3O2.HI/c1-2-23-20(25-11-13-27-19(14-25)18-4-3-12-26-18)24-15-21(9-10-21)16-5-7-17(22)8-6-16;/h5-8,18-19H,2-4,9-15H2,1H3,(H,23,24);1H. The Hall–Kier alpha value is -0.570. The van der Waals surface area contributed by atoms with Crippen LogP contribution in [0.3, 0.4) is 0 Å². The molecule has 0 radical (unpaired) electrons. The van der Waals surface area contributed by atoms with E-state index >= 15 is 0 Å². The van der Waals surface area contributed by atoms with Gasteiger partial charge in [0.15, 0.2) is 5.96 Å². The third kappa shape index (κ3) is 5.12. The number of benzene rings is 1. The summed E-state index contributed by atoms with van der Waals surface area (Å²) in [5, 5.41) is 4.27. The van der Waals surface area contributed by atoms with Crippen molar-refractivity contribution >= 4 is 41.5 Å². The smallest absolute Gasteiger partial charge is 0.194 e. The fourth-order valence-electron chi connectivity index (χ4n) is 4.13. The molecule has 1 aromatic rings. The van der Waals surface area contributed by atoms with E-state index < -0.39 is 0 Å². The Balaban J connectivity index is 0.00000225. The zero-order chi connectivity index (χ0) is 18.7. The normalized spacial score (nSPS) is 26.6. The van der Waals surface area contributed by atoms with Crippen LogP contribution in [0, 0.1) is 0 Å². The summed E-state index contributed by atoms with van der Waals surface area (Å²) in [6.45, 7) is 7.14. The van der Waals surface area contributed by atoms with E-state index in [1.807, 2.05) is 12.1 Å². The van der Waals surface area contributed by atoms with E-state index in [0.717, 1.165) is 63.2 Å². The van der Waals surface area contributed by atoms with E-state index in [9.17, 15) is 0 Å². The van der Waals surface area contributed by atoms with Gasteiger partial charge in [0.05, 0.1) is 19.3 Å². The van der Waals surface area contributed by atoms with Gasteiger partial charge in [-0.1, -0.05) is 23.7 Å². The molecule has 2 saturated heterocycles. The molecule has 2 aliphatic heterocycles. The van der Waals surface area contributed by atoms with Gasteiger partial charge in [-0.2, -0.15) is 0 Å². The minimum Gasteiger partial charge on any atom is -0.375 e. The molecule has 3 aliphatic rings. The summed E-state index contributed by atoms with van der Waals surface area (Å²) in [6.07, 6.45) is 5.02. The maximum Gasteiger partial charge on any atom is 0.194 e. The Morgan fingerprint density at radius 3 is 2.61 bits per heavy atom. The second-order valence-electron chi connectivity index (χ2n) is 7.86. The van der Waals surface area contributed by atoms with Crippen LogP contribution in [0.1, 0.15) is 38.2 Å². The second-order valence-corrected chi connectivity index (χ2v) is 8.30. The van der Waals surface area contributed by atoms with Crippen LogP contribution in [0.4, 0.5) is 0 Å². The van der Waals surface area contributed by atoms with Gasteiger partial charge < -0.3 is 19.7 Å². The average molecular weight is 520 g/mol. The van der Waals surface area contributed by atoms with Crippen LogP contribution in [0.25, 0.3) is 0 Å². The fraction of sp³-hybridized carbons (Fsp3) is 0.667. The number of hydrogen-bond donors (Lipinski definition) is 1. The second kappa shape index (κ2) is 9.96. The van der Waals surface area contributed by atoms with Crippen molar-refractivity contribution in [3.05, 3.63) is 34.9 Å². The van der Waals surface area contributed by atoms with Crippen LogP contribution in [0.2, 0.25) is 5.02 Å². The first-order valence-electron chi connectivity index (χ1n) is 10.2. The van der Waals surface area contributed by atoms with Gasteiger partial charge in [0, 0.05) is 36.7 Å². The van der Waals surface area contributed by atoms with Gasteiger partial charge in [-0.3, -0.25) is 4.99 Å². The summed E-state index contributed by atoms with van der Waals surface area (Å²) < 4.78 is 11.8. The first-order valence-corrected chi connectivity index (χ1v) is 10.6. The number of hydrogen-bond acceptors (Lipinski definition) is 3. The molecule has 7 heteroatoms. The minimum atomic E-state index is 0. The molecule has 0 bridgehead atoms. The monoisotopic (exact) mass is 519 g/mol. The number of ether oxygens (including phenoxy) is 2. The topological polar surface area (TPSA) is 46.1 Å². The summed E-state index contributed by atoms with van der Waals surface area (Å²) in [6, 6.07) is 8.28. The van der Waals surface area contributed by atoms with Crippen molar-refractivity contribution in [1.82, 2.24) is 10.2 Å². The van der Waals surface area contributed by atoms with Crippen molar-refractivity contribution in [3.8, 4) is 0 Å². The number of guanidine groups is 1. The molecule has 4 rings (SSSR count). The summed E-state index contributed by atoms with van der Waals surface area (Å²) in [5.74, 6) is 1.00. The molecule has 0 amide bonds. The molecule has 3 fully saturated rings. The molecule has 2 heterocycles. The number of rotatable bonds is 5. The largest absolute Gasteiger partial charge is 0.375 e. The van der Waals surface area contributed by atoms with Crippen LogP contribution in [-0.4, -0.2) is 62.5 Å². The predicted octanol–water partition coefficient (Wildman–Crippen LogP) is 3.83. The average Bonchev–Trinajstić information content (AvgIpc) is 3.28. The Labute approximate surface area is 190 Å².